The molecular formula is C19H19NO3S. The number of hydrogen-bond donors (Lipinski definition) is 2. The summed E-state index contributed by atoms with van der Waals surface area (Å²) in [6.45, 7) is 0.419. The third kappa shape index (κ3) is 3.86. The van der Waals surface area contributed by atoms with Crippen LogP contribution in [0.15, 0.2) is 48.5 Å². The van der Waals surface area contributed by atoms with E-state index in [-0.39, 0.29) is 11.7 Å². The molecule has 0 bridgehead atoms. The van der Waals surface area contributed by atoms with E-state index in [9.17, 15) is 9.90 Å². The number of phenols is 1. The standard InChI is InChI=1S/C19H19NO3S/c1-23-17-10-13(6-8-16(17)21)12-20-19(22)9-7-15-11-14-4-2-3-5-18(14)24-15/h2-6,8,10-11,21H,7,9,12H2,1H3,(H,20,22). The molecule has 3 aromatic rings. The van der Waals surface area contributed by atoms with Gasteiger partial charge in [0, 0.05) is 22.5 Å². The summed E-state index contributed by atoms with van der Waals surface area (Å²) in [6, 6.07) is 15.5. The fourth-order valence-electron chi connectivity index (χ4n) is 2.52. The Morgan fingerprint density at radius 1 is 1.21 bits per heavy atom. The van der Waals surface area contributed by atoms with E-state index in [4.69, 9.17) is 4.74 Å². The maximum Gasteiger partial charge on any atom is 0.220 e. The first kappa shape index (κ1) is 16.3. The van der Waals surface area contributed by atoms with Gasteiger partial charge in [-0.1, -0.05) is 24.3 Å². The quantitative estimate of drug-likeness (QED) is 0.716. The van der Waals surface area contributed by atoms with E-state index in [1.165, 1.54) is 22.1 Å². The molecule has 0 spiro atoms. The Morgan fingerprint density at radius 2 is 2.04 bits per heavy atom. The topological polar surface area (TPSA) is 58.6 Å². The van der Waals surface area contributed by atoms with Crippen molar-refractivity contribution in [2.75, 3.05) is 7.11 Å². The first-order chi connectivity index (χ1) is 11.7. The highest BCUT2D eigenvalue weighted by atomic mass is 32.1. The highest BCUT2D eigenvalue weighted by molar-refractivity contribution is 7.19. The molecule has 0 saturated carbocycles. The summed E-state index contributed by atoms with van der Waals surface area (Å²) in [5, 5.41) is 13.7. The van der Waals surface area contributed by atoms with Crippen molar-refractivity contribution in [3.05, 3.63) is 59.0 Å². The lowest BCUT2D eigenvalue weighted by Gasteiger charge is -2.08. The number of thiophene rings is 1. The number of benzene rings is 2. The Morgan fingerprint density at radius 3 is 2.83 bits per heavy atom. The number of methoxy groups -OCH3 is 1. The van der Waals surface area contributed by atoms with Crippen LogP contribution in [0, 0.1) is 0 Å². The zero-order valence-electron chi connectivity index (χ0n) is 13.4. The molecule has 0 aliphatic rings. The normalized spacial score (nSPS) is 10.7. The Bertz CT molecular complexity index is 824. The Hall–Kier alpha value is -2.53. The number of ether oxygens (including phenoxy) is 1. The van der Waals surface area contributed by atoms with E-state index in [0.717, 1.165) is 12.0 Å². The lowest BCUT2D eigenvalue weighted by atomic mass is 10.2. The molecule has 1 heterocycles. The number of fused-ring (bicyclic) bond motifs is 1. The second kappa shape index (κ2) is 7.36. The fraction of sp³-hybridized carbons (Fsp3) is 0.211. The molecule has 2 N–H and O–H groups in total. The number of hydrogen-bond acceptors (Lipinski definition) is 4. The average molecular weight is 341 g/mol. The molecule has 0 unspecified atom stereocenters. The molecule has 0 aliphatic carbocycles. The third-order valence-corrected chi connectivity index (χ3v) is 4.98. The lowest BCUT2D eigenvalue weighted by Crippen LogP contribution is -2.22. The second-order valence-corrected chi connectivity index (χ2v) is 6.70. The van der Waals surface area contributed by atoms with Gasteiger partial charge in [0.2, 0.25) is 5.91 Å². The van der Waals surface area contributed by atoms with Crippen LogP contribution in [0.1, 0.15) is 16.9 Å². The van der Waals surface area contributed by atoms with Gasteiger partial charge in [-0.15, -0.1) is 11.3 Å². The van der Waals surface area contributed by atoms with Crippen LogP contribution in [-0.2, 0) is 17.8 Å². The number of aryl methyl sites for hydroxylation is 1. The molecule has 3 rings (SSSR count). The van der Waals surface area contributed by atoms with Gasteiger partial charge < -0.3 is 15.2 Å². The molecule has 124 valence electrons. The molecule has 0 atom stereocenters. The van der Waals surface area contributed by atoms with Gasteiger partial charge in [-0.05, 0) is 41.6 Å². The summed E-state index contributed by atoms with van der Waals surface area (Å²) in [6.07, 6.45) is 1.20. The van der Waals surface area contributed by atoms with Gasteiger partial charge in [-0.2, -0.15) is 0 Å². The predicted octanol–water partition coefficient (Wildman–Crippen LogP) is 3.86. The molecule has 24 heavy (non-hydrogen) atoms. The van der Waals surface area contributed by atoms with Gasteiger partial charge in [0.1, 0.15) is 0 Å². The van der Waals surface area contributed by atoms with E-state index >= 15 is 0 Å². The molecule has 5 heteroatoms. The zero-order valence-corrected chi connectivity index (χ0v) is 14.2. The maximum atomic E-state index is 12.0. The SMILES string of the molecule is COc1cc(CNC(=O)CCc2cc3ccccc3s2)ccc1O. The third-order valence-electron chi connectivity index (χ3n) is 3.81. The molecule has 0 saturated heterocycles. The Balaban J connectivity index is 1.52. The van der Waals surface area contributed by atoms with Gasteiger partial charge in [0.25, 0.3) is 0 Å². The van der Waals surface area contributed by atoms with Crippen molar-refractivity contribution < 1.29 is 14.6 Å². The Labute approximate surface area is 144 Å². The van der Waals surface area contributed by atoms with Crippen LogP contribution in [-0.4, -0.2) is 18.1 Å². The summed E-state index contributed by atoms with van der Waals surface area (Å²) >= 11 is 1.74. The second-order valence-electron chi connectivity index (χ2n) is 5.53. The molecule has 0 radical (unpaired) electrons. The van der Waals surface area contributed by atoms with Crippen molar-refractivity contribution in [1.82, 2.24) is 5.32 Å². The summed E-state index contributed by atoms with van der Waals surface area (Å²) in [7, 11) is 1.50. The maximum absolute atomic E-state index is 12.0. The number of amides is 1. The highest BCUT2D eigenvalue weighted by Gasteiger charge is 2.07. The van der Waals surface area contributed by atoms with E-state index in [1.807, 2.05) is 12.1 Å². The van der Waals surface area contributed by atoms with Crippen LogP contribution >= 0.6 is 11.3 Å². The van der Waals surface area contributed by atoms with Gasteiger partial charge >= 0.3 is 0 Å². The van der Waals surface area contributed by atoms with E-state index < -0.39 is 0 Å². The van der Waals surface area contributed by atoms with Crippen molar-refractivity contribution in [2.24, 2.45) is 0 Å². The fourth-order valence-corrected chi connectivity index (χ4v) is 3.58. The lowest BCUT2D eigenvalue weighted by molar-refractivity contribution is -0.121. The molecule has 0 fully saturated rings. The monoisotopic (exact) mass is 341 g/mol. The van der Waals surface area contributed by atoms with Crippen molar-refractivity contribution in [3.63, 3.8) is 0 Å². The van der Waals surface area contributed by atoms with Gasteiger partial charge in [-0.3, -0.25) is 4.79 Å². The van der Waals surface area contributed by atoms with E-state index in [0.29, 0.717) is 18.7 Å². The van der Waals surface area contributed by atoms with Crippen LogP contribution in [0.25, 0.3) is 10.1 Å². The van der Waals surface area contributed by atoms with Crippen LogP contribution in [0.3, 0.4) is 0 Å². The summed E-state index contributed by atoms with van der Waals surface area (Å²) < 4.78 is 6.32. The highest BCUT2D eigenvalue weighted by Crippen LogP contribution is 2.27. The molecule has 4 nitrogen and oxygen atoms in total. The Kier molecular flexibility index (Phi) is 5.01. The minimum Gasteiger partial charge on any atom is -0.504 e. The number of nitrogens with one attached hydrogen (secondary N) is 1. The number of phenolic OH excluding ortho intramolecular Hbond substituents is 1. The summed E-state index contributed by atoms with van der Waals surface area (Å²) in [5.41, 5.74) is 0.889. The van der Waals surface area contributed by atoms with E-state index in [2.05, 4.69) is 23.5 Å². The van der Waals surface area contributed by atoms with Crippen molar-refractivity contribution in [3.8, 4) is 11.5 Å². The summed E-state index contributed by atoms with van der Waals surface area (Å²) in [4.78, 5) is 13.3. The van der Waals surface area contributed by atoms with Crippen LogP contribution in [0.4, 0.5) is 0 Å². The van der Waals surface area contributed by atoms with Crippen LogP contribution in [0.2, 0.25) is 0 Å². The van der Waals surface area contributed by atoms with Crippen molar-refractivity contribution in [1.29, 1.82) is 0 Å². The first-order valence-corrected chi connectivity index (χ1v) is 8.57. The van der Waals surface area contributed by atoms with Gasteiger partial charge in [0.05, 0.1) is 7.11 Å². The van der Waals surface area contributed by atoms with Crippen molar-refractivity contribution in [2.45, 2.75) is 19.4 Å². The first-order valence-electron chi connectivity index (χ1n) is 7.76. The number of rotatable bonds is 6. The minimum atomic E-state index is 0.0134. The molecule has 1 amide bonds. The number of carbonyl (C=O) groups excluding carboxylic acids is 1. The molecule has 1 aromatic heterocycles. The minimum absolute atomic E-state index is 0.0134. The smallest absolute Gasteiger partial charge is 0.220 e. The van der Waals surface area contributed by atoms with Crippen LogP contribution < -0.4 is 10.1 Å². The number of carbonyl (C=O) groups is 1. The van der Waals surface area contributed by atoms with Gasteiger partial charge in [-0.25, -0.2) is 0 Å². The van der Waals surface area contributed by atoms with Gasteiger partial charge in [0.15, 0.2) is 11.5 Å². The predicted molar refractivity (Wildman–Crippen MR) is 96.7 cm³/mol. The van der Waals surface area contributed by atoms with E-state index in [1.54, 1.807) is 29.5 Å². The number of aromatic hydroxyl groups is 1. The van der Waals surface area contributed by atoms with Crippen LogP contribution in [0.5, 0.6) is 11.5 Å². The van der Waals surface area contributed by atoms with Crippen molar-refractivity contribution >= 4 is 27.3 Å². The molecule has 0 aliphatic heterocycles. The largest absolute Gasteiger partial charge is 0.504 e. The zero-order chi connectivity index (χ0) is 16.9. The molecular weight excluding hydrogens is 322 g/mol. The summed E-state index contributed by atoms with van der Waals surface area (Å²) in [5.74, 6) is 0.517. The average Bonchev–Trinajstić information content (AvgIpc) is 3.02. The molecule has 2 aromatic carbocycles.